The fourth-order valence-electron chi connectivity index (χ4n) is 2.11. The Morgan fingerprint density at radius 1 is 1.11 bits per heavy atom. The van der Waals surface area contributed by atoms with Gasteiger partial charge >= 0.3 is 0 Å². The van der Waals surface area contributed by atoms with Crippen molar-refractivity contribution in [3.05, 3.63) is 53.1 Å². The highest BCUT2D eigenvalue weighted by molar-refractivity contribution is 6.30. The Kier molecular flexibility index (Phi) is 4.83. The van der Waals surface area contributed by atoms with Gasteiger partial charge in [0.25, 0.3) is 0 Å². The van der Waals surface area contributed by atoms with Crippen LogP contribution in [0.1, 0.15) is 12.5 Å². The summed E-state index contributed by atoms with van der Waals surface area (Å²) in [6.07, 6.45) is 0. The van der Waals surface area contributed by atoms with E-state index in [2.05, 4.69) is 17.4 Å². The monoisotopic (exact) mass is 275 g/mol. The minimum absolute atomic E-state index is 0.652. The summed E-state index contributed by atoms with van der Waals surface area (Å²) in [5.74, 6) is 0.893. The number of hydrogen-bond acceptors (Lipinski definition) is 2. The van der Waals surface area contributed by atoms with E-state index >= 15 is 0 Å². The van der Waals surface area contributed by atoms with Crippen LogP contribution in [0.2, 0.25) is 5.02 Å². The van der Waals surface area contributed by atoms with Crippen molar-refractivity contribution in [2.24, 2.45) is 0 Å². The number of benzene rings is 2. The summed E-state index contributed by atoms with van der Waals surface area (Å²) >= 11 is 6.14. The van der Waals surface area contributed by atoms with E-state index in [0.29, 0.717) is 6.61 Å². The van der Waals surface area contributed by atoms with Gasteiger partial charge in [-0.25, -0.2) is 0 Å². The molecule has 1 N–H and O–H groups in total. The van der Waals surface area contributed by atoms with Crippen molar-refractivity contribution >= 4 is 11.6 Å². The predicted octanol–water partition coefficient (Wildman–Crippen LogP) is 4.13. The first-order valence-corrected chi connectivity index (χ1v) is 6.79. The van der Waals surface area contributed by atoms with Crippen LogP contribution in [0.15, 0.2) is 42.5 Å². The van der Waals surface area contributed by atoms with Crippen LogP contribution < -0.4 is 10.1 Å². The van der Waals surface area contributed by atoms with E-state index in [1.54, 1.807) is 0 Å². The first-order chi connectivity index (χ1) is 9.26. The first-order valence-electron chi connectivity index (χ1n) is 6.41. The van der Waals surface area contributed by atoms with E-state index in [4.69, 9.17) is 16.3 Å². The van der Waals surface area contributed by atoms with Gasteiger partial charge in [0.15, 0.2) is 0 Å². The number of para-hydroxylation sites is 1. The smallest absolute Gasteiger partial charge is 0.127 e. The van der Waals surface area contributed by atoms with Crippen LogP contribution in [-0.4, -0.2) is 13.7 Å². The molecule has 3 heteroatoms. The van der Waals surface area contributed by atoms with Gasteiger partial charge in [-0.15, -0.1) is 0 Å². The normalized spacial score (nSPS) is 10.5. The van der Waals surface area contributed by atoms with Crippen molar-refractivity contribution in [3.63, 3.8) is 0 Å². The Bertz CT molecular complexity index is 554. The first kappa shape index (κ1) is 13.9. The maximum atomic E-state index is 6.14. The third-order valence-corrected chi connectivity index (χ3v) is 3.15. The molecule has 0 bridgehead atoms. The van der Waals surface area contributed by atoms with Crippen molar-refractivity contribution in [1.82, 2.24) is 5.32 Å². The number of rotatable bonds is 5. The lowest BCUT2D eigenvalue weighted by atomic mass is 9.99. The molecule has 2 aromatic carbocycles. The number of hydrogen-bond donors (Lipinski definition) is 1. The molecule has 0 aliphatic carbocycles. The maximum absolute atomic E-state index is 6.14. The lowest BCUT2D eigenvalue weighted by Crippen LogP contribution is -2.06. The Morgan fingerprint density at radius 3 is 2.63 bits per heavy atom. The Balaban J connectivity index is 2.53. The lowest BCUT2D eigenvalue weighted by Gasteiger charge is -2.14. The molecule has 0 aliphatic heterocycles. The van der Waals surface area contributed by atoms with Gasteiger partial charge < -0.3 is 10.1 Å². The van der Waals surface area contributed by atoms with Crippen molar-refractivity contribution in [1.29, 1.82) is 0 Å². The molecule has 0 saturated carbocycles. The fraction of sp³-hybridized carbons (Fsp3) is 0.250. The molecule has 0 unspecified atom stereocenters. The summed E-state index contributed by atoms with van der Waals surface area (Å²) in [6, 6.07) is 14.0. The second kappa shape index (κ2) is 6.60. The van der Waals surface area contributed by atoms with Gasteiger partial charge in [0.2, 0.25) is 0 Å². The number of nitrogens with one attached hydrogen (secondary N) is 1. The zero-order valence-electron chi connectivity index (χ0n) is 11.2. The standard InChI is InChI=1S/C16H18ClNO/c1-3-19-16-7-5-4-6-14(16)15-10-13(17)9-8-12(15)11-18-2/h4-10,18H,3,11H2,1-2H3. The highest BCUT2D eigenvalue weighted by atomic mass is 35.5. The molecule has 2 aromatic rings. The van der Waals surface area contributed by atoms with Crippen LogP contribution >= 0.6 is 11.6 Å². The second-order valence-electron chi connectivity index (χ2n) is 4.26. The van der Waals surface area contributed by atoms with Crippen molar-refractivity contribution in [2.75, 3.05) is 13.7 Å². The Hall–Kier alpha value is -1.51. The van der Waals surface area contributed by atoms with Crippen LogP contribution in [0.5, 0.6) is 5.75 Å². The van der Waals surface area contributed by atoms with E-state index in [0.717, 1.165) is 28.4 Å². The second-order valence-corrected chi connectivity index (χ2v) is 4.70. The van der Waals surface area contributed by atoms with Crippen LogP contribution in [0.4, 0.5) is 0 Å². The highest BCUT2D eigenvalue weighted by Gasteiger charge is 2.10. The third kappa shape index (κ3) is 3.28. The molecular weight excluding hydrogens is 258 g/mol. The minimum Gasteiger partial charge on any atom is -0.493 e. The van der Waals surface area contributed by atoms with Gasteiger partial charge in [0.05, 0.1) is 6.61 Å². The minimum atomic E-state index is 0.652. The van der Waals surface area contributed by atoms with Crippen LogP contribution in [0.25, 0.3) is 11.1 Å². The molecule has 0 spiro atoms. The number of ether oxygens (including phenoxy) is 1. The van der Waals surface area contributed by atoms with E-state index in [1.807, 2.05) is 44.3 Å². The molecule has 19 heavy (non-hydrogen) atoms. The van der Waals surface area contributed by atoms with Crippen molar-refractivity contribution < 1.29 is 4.74 Å². The molecular formula is C16H18ClNO. The number of halogens is 1. The van der Waals surface area contributed by atoms with Gasteiger partial charge in [-0.1, -0.05) is 35.9 Å². The summed E-state index contributed by atoms with van der Waals surface area (Å²) in [5.41, 5.74) is 3.40. The zero-order chi connectivity index (χ0) is 13.7. The molecule has 2 rings (SSSR count). The van der Waals surface area contributed by atoms with Crippen molar-refractivity contribution in [3.8, 4) is 16.9 Å². The molecule has 0 amide bonds. The van der Waals surface area contributed by atoms with Crippen LogP contribution in [-0.2, 0) is 6.54 Å². The molecule has 2 nitrogen and oxygen atoms in total. The zero-order valence-corrected chi connectivity index (χ0v) is 12.0. The maximum Gasteiger partial charge on any atom is 0.127 e. The third-order valence-electron chi connectivity index (χ3n) is 2.92. The molecule has 100 valence electrons. The summed E-state index contributed by atoms with van der Waals surface area (Å²) in [4.78, 5) is 0. The average Bonchev–Trinajstić information content (AvgIpc) is 2.42. The van der Waals surface area contributed by atoms with Crippen LogP contribution in [0, 0.1) is 0 Å². The molecule has 0 radical (unpaired) electrons. The van der Waals surface area contributed by atoms with Gasteiger partial charge in [-0.05, 0) is 43.3 Å². The quantitative estimate of drug-likeness (QED) is 0.886. The van der Waals surface area contributed by atoms with E-state index in [9.17, 15) is 0 Å². The average molecular weight is 276 g/mol. The molecule has 0 saturated heterocycles. The Labute approximate surface area is 119 Å². The van der Waals surface area contributed by atoms with Gasteiger partial charge in [-0.2, -0.15) is 0 Å². The van der Waals surface area contributed by atoms with Gasteiger partial charge in [0, 0.05) is 17.1 Å². The summed E-state index contributed by atoms with van der Waals surface area (Å²) in [6.45, 7) is 3.44. The van der Waals surface area contributed by atoms with E-state index < -0.39 is 0 Å². The van der Waals surface area contributed by atoms with Gasteiger partial charge in [0.1, 0.15) is 5.75 Å². The fourth-order valence-corrected chi connectivity index (χ4v) is 2.29. The molecule has 0 heterocycles. The van der Waals surface area contributed by atoms with Crippen LogP contribution in [0.3, 0.4) is 0 Å². The largest absolute Gasteiger partial charge is 0.493 e. The van der Waals surface area contributed by atoms with E-state index in [-0.39, 0.29) is 0 Å². The SMILES string of the molecule is CCOc1ccccc1-c1cc(Cl)ccc1CNC. The lowest BCUT2D eigenvalue weighted by molar-refractivity contribution is 0.341. The van der Waals surface area contributed by atoms with E-state index in [1.165, 1.54) is 5.56 Å². The molecule has 0 fully saturated rings. The summed E-state index contributed by atoms with van der Waals surface area (Å²) < 4.78 is 5.70. The van der Waals surface area contributed by atoms with Gasteiger partial charge in [-0.3, -0.25) is 0 Å². The van der Waals surface area contributed by atoms with Crippen molar-refractivity contribution in [2.45, 2.75) is 13.5 Å². The summed E-state index contributed by atoms with van der Waals surface area (Å²) in [5, 5.41) is 3.92. The predicted molar refractivity (Wildman–Crippen MR) is 80.8 cm³/mol. The molecule has 0 atom stereocenters. The molecule has 0 aromatic heterocycles. The topological polar surface area (TPSA) is 21.3 Å². The summed E-state index contributed by atoms with van der Waals surface area (Å²) in [7, 11) is 1.94. The highest BCUT2D eigenvalue weighted by Crippen LogP contribution is 2.34. The Morgan fingerprint density at radius 2 is 1.89 bits per heavy atom. The molecule has 0 aliphatic rings.